The highest BCUT2D eigenvalue weighted by molar-refractivity contribution is 5.70. The van der Waals surface area contributed by atoms with Gasteiger partial charge in [0.05, 0.1) is 36.4 Å². The Morgan fingerprint density at radius 3 is 2.40 bits per heavy atom. The molecule has 2 aliphatic rings. The number of hydrogen-bond donors (Lipinski definition) is 5. The van der Waals surface area contributed by atoms with E-state index in [-0.39, 0.29) is 55.9 Å². The lowest BCUT2D eigenvalue weighted by atomic mass is 9.87. The predicted molar refractivity (Wildman–Crippen MR) is 197 cm³/mol. The SMILES string of the molecule is CC[C@H](OC)[C@@H](C)[C@H]1O[C@@H]1C(NCc1ccc(C)cc1)C(C)(O)/C=C/C=C(\C)C1OC(=O)C[C@H](O)CC[C@@](C)(O)[C@@H](OC(C)=O)/C=C/[C@@H]1C.O=CO. The van der Waals surface area contributed by atoms with E-state index in [9.17, 15) is 24.9 Å². The summed E-state index contributed by atoms with van der Waals surface area (Å²) in [6, 6.07) is 7.82. The van der Waals surface area contributed by atoms with Gasteiger partial charge < -0.3 is 44.7 Å². The lowest BCUT2D eigenvalue weighted by Gasteiger charge is -2.32. The van der Waals surface area contributed by atoms with Crippen molar-refractivity contribution in [3.8, 4) is 0 Å². The van der Waals surface area contributed by atoms with E-state index in [0.717, 1.165) is 12.0 Å². The fraction of sp³-hybridized carbons (Fsp3) is 0.625. The Morgan fingerprint density at radius 1 is 1.19 bits per heavy atom. The van der Waals surface area contributed by atoms with Gasteiger partial charge in [-0.05, 0) is 64.2 Å². The zero-order valence-corrected chi connectivity index (χ0v) is 32.2. The fourth-order valence-corrected chi connectivity index (χ4v) is 6.60. The quantitative estimate of drug-likeness (QED) is 0.0627. The molecule has 0 saturated carbocycles. The first-order valence-electron chi connectivity index (χ1n) is 18.0. The Kier molecular flexibility index (Phi) is 17.9. The summed E-state index contributed by atoms with van der Waals surface area (Å²) in [5.41, 5.74) is 0.189. The summed E-state index contributed by atoms with van der Waals surface area (Å²) < 4.78 is 23.2. The number of ether oxygens (including phenoxy) is 4. The molecule has 2 heterocycles. The van der Waals surface area contributed by atoms with E-state index in [1.165, 1.54) is 12.5 Å². The molecule has 1 fully saturated rings. The van der Waals surface area contributed by atoms with Crippen LogP contribution in [0.15, 0.2) is 60.2 Å². The van der Waals surface area contributed by atoms with Crippen LogP contribution in [0, 0.1) is 18.8 Å². The standard InChI is InChI=1S/C39H59NO9.CH2O2/c1-10-31(46-9)27(5)35-36(49-35)37(40-23-29-16-13-24(2)14-17-29)39(8,45)20-11-12-25(3)34-26(4)15-18-32(47-28(6)41)38(7,44)21-19-30(42)22-33(43)48-34;2-1-3/h11-18,20,26-27,30-32,34-37,40,42,44-45H,10,19,21-23H2,1-9H3;1H,(H,2,3)/b18-15+,20-11+,25-12+;/t26-,27+,30+,31-,32-,34?,35+,36-,37?,38+,39?;/m0./s1. The van der Waals surface area contributed by atoms with E-state index in [1.54, 1.807) is 51.3 Å². The maximum atomic E-state index is 12.9. The van der Waals surface area contributed by atoms with Crippen LogP contribution >= 0.6 is 0 Å². The van der Waals surface area contributed by atoms with Crippen LogP contribution in [0.2, 0.25) is 0 Å². The number of carbonyl (C=O) groups excluding carboxylic acids is 2. The number of hydrogen-bond acceptors (Lipinski definition) is 11. The zero-order valence-electron chi connectivity index (χ0n) is 32.2. The number of benzene rings is 1. The third-order valence-electron chi connectivity index (χ3n) is 9.83. The minimum atomic E-state index is -1.45. The summed E-state index contributed by atoms with van der Waals surface area (Å²) in [5.74, 6) is -1.35. The van der Waals surface area contributed by atoms with E-state index in [4.69, 9.17) is 28.8 Å². The Labute approximate surface area is 308 Å². The molecule has 52 heavy (non-hydrogen) atoms. The van der Waals surface area contributed by atoms with Crippen LogP contribution in [-0.4, -0.2) is 99.8 Å². The third-order valence-corrected chi connectivity index (χ3v) is 9.83. The van der Waals surface area contributed by atoms with Crippen molar-refractivity contribution < 1.29 is 53.8 Å². The van der Waals surface area contributed by atoms with Crippen molar-refractivity contribution in [3.05, 3.63) is 71.3 Å². The predicted octanol–water partition coefficient (Wildman–Crippen LogP) is 4.57. The van der Waals surface area contributed by atoms with Gasteiger partial charge in [-0.1, -0.05) is 74.9 Å². The smallest absolute Gasteiger partial charge is 0.309 e. The molecular weight excluding hydrogens is 670 g/mol. The van der Waals surface area contributed by atoms with Gasteiger partial charge in [-0.15, -0.1) is 0 Å². The molecule has 5 N–H and O–H groups in total. The second-order valence-electron chi connectivity index (χ2n) is 14.5. The second kappa shape index (κ2) is 20.7. The Bertz CT molecular complexity index is 1370. The van der Waals surface area contributed by atoms with E-state index >= 15 is 0 Å². The molecule has 0 aliphatic carbocycles. The molecule has 1 aromatic rings. The number of cyclic esters (lactones) is 1. The number of aliphatic hydroxyl groups excluding tert-OH is 1. The summed E-state index contributed by atoms with van der Waals surface area (Å²) in [4.78, 5) is 33.1. The molecule has 3 unspecified atom stereocenters. The van der Waals surface area contributed by atoms with Crippen LogP contribution in [0.5, 0.6) is 0 Å². The fourth-order valence-electron chi connectivity index (χ4n) is 6.60. The van der Waals surface area contributed by atoms with Crippen LogP contribution in [0.1, 0.15) is 85.3 Å². The van der Waals surface area contributed by atoms with Crippen LogP contribution in [0.25, 0.3) is 0 Å². The number of esters is 2. The van der Waals surface area contributed by atoms with Gasteiger partial charge in [0, 0.05) is 32.4 Å². The molecule has 12 nitrogen and oxygen atoms in total. The first-order valence-corrected chi connectivity index (χ1v) is 18.0. The van der Waals surface area contributed by atoms with Gasteiger partial charge >= 0.3 is 11.9 Å². The molecule has 0 radical (unpaired) electrons. The lowest BCUT2D eigenvalue weighted by molar-refractivity contribution is -0.157. The van der Waals surface area contributed by atoms with Crippen molar-refractivity contribution in [2.75, 3.05) is 7.11 Å². The number of rotatable bonds is 13. The molecule has 292 valence electrons. The van der Waals surface area contributed by atoms with Crippen molar-refractivity contribution >= 4 is 18.4 Å². The summed E-state index contributed by atoms with van der Waals surface area (Å²) in [6.45, 7) is 14.8. The van der Waals surface area contributed by atoms with Gasteiger partial charge in [-0.25, -0.2) is 0 Å². The van der Waals surface area contributed by atoms with Crippen LogP contribution in [0.3, 0.4) is 0 Å². The minimum absolute atomic E-state index is 0.0417. The Balaban J connectivity index is 0.00000301. The molecular formula is C40H61NO11. The highest BCUT2D eigenvalue weighted by atomic mass is 16.6. The van der Waals surface area contributed by atoms with Crippen molar-refractivity contribution in [2.45, 2.75) is 141 Å². The average molecular weight is 732 g/mol. The normalized spacial score (nSPS) is 30.5. The van der Waals surface area contributed by atoms with Crippen LogP contribution < -0.4 is 5.32 Å². The van der Waals surface area contributed by atoms with Crippen molar-refractivity contribution in [1.29, 1.82) is 0 Å². The number of aliphatic hydroxyl groups is 3. The monoisotopic (exact) mass is 731 g/mol. The maximum absolute atomic E-state index is 12.9. The molecule has 2 aliphatic heterocycles. The van der Waals surface area contributed by atoms with E-state index in [2.05, 4.69) is 43.4 Å². The summed E-state index contributed by atoms with van der Waals surface area (Å²) >= 11 is 0. The number of carboxylic acid groups (broad SMARTS) is 1. The molecule has 0 bridgehead atoms. The number of epoxide rings is 1. The molecule has 1 aromatic carbocycles. The van der Waals surface area contributed by atoms with Crippen LogP contribution in [0.4, 0.5) is 0 Å². The molecule has 12 heteroatoms. The highest BCUT2D eigenvalue weighted by Gasteiger charge is 2.54. The van der Waals surface area contributed by atoms with Gasteiger partial charge in [-0.3, -0.25) is 14.4 Å². The maximum Gasteiger partial charge on any atom is 0.309 e. The van der Waals surface area contributed by atoms with Crippen molar-refractivity contribution in [3.63, 3.8) is 0 Å². The first kappa shape index (κ1) is 44.8. The minimum Gasteiger partial charge on any atom is -0.483 e. The highest BCUT2D eigenvalue weighted by Crippen LogP contribution is 2.39. The molecule has 0 spiro atoms. The largest absolute Gasteiger partial charge is 0.483 e. The number of aryl methyl sites for hydroxylation is 1. The van der Waals surface area contributed by atoms with Gasteiger partial charge in [0.1, 0.15) is 23.9 Å². The van der Waals surface area contributed by atoms with Gasteiger partial charge in [0.2, 0.25) is 0 Å². The van der Waals surface area contributed by atoms with E-state index in [1.807, 2.05) is 20.8 Å². The van der Waals surface area contributed by atoms with E-state index < -0.39 is 47.5 Å². The summed E-state index contributed by atoms with van der Waals surface area (Å²) in [5, 5.41) is 43.9. The van der Waals surface area contributed by atoms with Gasteiger partial charge in [-0.2, -0.15) is 0 Å². The topological polar surface area (TPSA) is 184 Å². The van der Waals surface area contributed by atoms with E-state index in [0.29, 0.717) is 12.1 Å². The first-order chi connectivity index (χ1) is 24.4. The van der Waals surface area contributed by atoms with Gasteiger partial charge in [0.25, 0.3) is 6.47 Å². The number of allylic oxidation sites excluding steroid dienone is 2. The Morgan fingerprint density at radius 2 is 1.83 bits per heavy atom. The second-order valence-corrected chi connectivity index (χ2v) is 14.5. The average Bonchev–Trinajstić information content (AvgIpc) is 3.86. The zero-order chi connectivity index (χ0) is 39.2. The molecule has 0 aromatic heterocycles. The van der Waals surface area contributed by atoms with Crippen LogP contribution in [-0.2, 0) is 39.9 Å². The van der Waals surface area contributed by atoms with Gasteiger partial charge in [0.15, 0.2) is 0 Å². The van der Waals surface area contributed by atoms with Crippen molar-refractivity contribution in [2.24, 2.45) is 11.8 Å². The molecule has 11 atom stereocenters. The number of carbonyl (C=O) groups is 3. The lowest BCUT2D eigenvalue weighted by Crippen LogP contribution is -2.52. The summed E-state index contributed by atoms with van der Waals surface area (Å²) in [6.07, 6.45) is 6.50. The molecule has 1 saturated heterocycles. The number of methoxy groups -OCH3 is 1. The number of nitrogens with one attached hydrogen (secondary N) is 1. The van der Waals surface area contributed by atoms with Crippen molar-refractivity contribution in [1.82, 2.24) is 5.32 Å². The molecule has 0 amide bonds. The Hall–Kier alpha value is -3.39. The molecule has 3 rings (SSSR count). The third kappa shape index (κ3) is 13.9. The summed E-state index contributed by atoms with van der Waals surface area (Å²) in [7, 11) is 1.71.